The summed E-state index contributed by atoms with van der Waals surface area (Å²) in [4.78, 5) is 9.56. The maximum absolute atomic E-state index is 6.13. The normalized spacial score (nSPS) is 18.8. The second-order valence-electron chi connectivity index (χ2n) is 4.68. The average molecular weight is 307 g/mol. The second-order valence-corrected chi connectivity index (χ2v) is 5.59. The predicted molar refractivity (Wildman–Crippen MR) is 75.5 cm³/mol. The maximum Gasteiger partial charge on any atom is 0.0923 e. The Morgan fingerprint density at radius 3 is 3.17 bits per heavy atom. The van der Waals surface area contributed by atoms with Gasteiger partial charge in [0.1, 0.15) is 0 Å². The molecule has 3 rings (SSSR count). The number of nitrogens with two attached hydrogens (primary N) is 1. The zero-order valence-corrected chi connectivity index (χ0v) is 11.5. The molecule has 0 amide bonds. The van der Waals surface area contributed by atoms with E-state index in [9.17, 15) is 0 Å². The molecule has 1 aromatic heterocycles. The number of halogens is 1. The van der Waals surface area contributed by atoms with Crippen molar-refractivity contribution in [3.8, 4) is 0 Å². The summed E-state index contributed by atoms with van der Waals surface area (Å²) in [5.41, 5.74) is 9.74. The van der Waals surface area contributed by atoms with Gasteiger partial charge in [0.25, 0.3) is 0 Å². The largest absolute Gasteiger partial charge is 0.364 e. The van der Waals surface area contributed by atoms with Crippen molar-refractivity contribution in [2.24, 2.45) is 5.73 Å². The fraction of sp³-hybridized carbons (Fsp3) is 0.308. The second kappa shape index (κ2) is 4.74. The molecule has 0 spiro atoms. The van der Waals surface area contributed by atoms with Crippen LogP contribution in [0.15, 0.2) is 35.2 Å². The summed E-state index contributed by atoms with van der Waals surface area (Å²) >= 11 is 3.51. The number of benzene rings is 1. The Bertz CT molecular complexity index is 538. The van der Waals surface area contributed by atoms with Crippen molar-refractivity contribution < 1.29 is 0 Å². The van der Waals surface area contributed by atoms with Crippen LogP contribution in [0.2, 0.25) is 0 Å². The molecule has 3 N–H and O–H groups in total. The molecule has 0 fully saturated rings. The Morgan fingerprint density at radius 2 is 2.39 bits per heavy atom. The third kappa shape index (κ3) is 2.28. The molecule has 4 nitrogen and oxygen atoms in total. The SMILES string of the molecule is NC1Cc2cc(Br)ccc2N(Cc2c[nH]cn2)C1. The van der Waals surface area contributed by atoms with Crippen LogP contribution in [0.1, 0.15) is 11.3 Å². The van der Waals surface area contributed by atoms with E-state index in [4.69, 9.17) is 5.73 Å². The van der Waals surface area contributed by atoms with Crippen molar-refractivity contribution >= 4 is 21.6 Å². The highest BCUT2D eigenvalue weighted by Crippen LogP contribution is 2.30. The Kier molecular flexibility index (Phi) is 3.09. The van der Waals surface area contributed by atoms with Crippen molar-refractivity contribution in [2.75, 3.05) is 11.4 Å². The summed E-state index contributed by atoms with van der Waals surface area (Å²) in [6.07, 6.45) is 4.58. The van der Waals surface area contributed by atoms with Crippen LogP contribution >= 0.6 is 15.9 Å². The van der Waals surface area contributed by atoms with Gasteiger partial charge in [-0.15, -0.1) is 0 Å². The highest BCUT2D eigenvalue weighted by Gasteiger charge is 2.22. The summed E-state index contributed by atoms with van der Waals surface area (Å²) < 4.78 is 1.11. The highest BCUT2D eigenvalue weighted by molar-refractivity contribution is 9.10. The van der Waals surface area contributed by atoms with E-state index in [0.29, 0.717) is 0 Å². The molecule has 1 aromatic carbocycles. The number of hydrogen-bond acceptors (Lipinski definition) is 3. The van der Waals surface area contributed by atoms with Gasteiger partial charge in [-0.3, -0.25) is 0 Å². The molecular formula is C13H15BrN4. The first-order valence-electron chi connectivity index (χ1n) is 5.99. The minimum atomic E-state index is 0.186. The Balaban J connectivity index is 1.92. The summed E-state index contributed by atoms with van der Waals surface area (Å²) in [6, 6.07) is 6.57. The van der Waals surface area contributed by atoms with Crippen molar-refractivity contribution in [2.45, 2.75) is 19.0 Å². The lowest BCUT2D eigenvalue weighted by Gasteiger charge is -2.34. The summed E-state index contributed by atoms with van der Waals surface area (Å²) in [5, 5.41) is 0. The van der Waals surface area contributed by atoms with Gasteiger partial charge < -0.3 is 15.6 Å². The quantitative estimate of drug-likeness (QED) is 0.893. The lowest BCUT2D eigenvalue weighted by Crippen LogP contribution is -2.43. The van der Waals surface area contributed by atoms with Gasteiger partial charge in [-0.25, -0.2) is 4.98 Å². The van der Waals surface area contributed by atoms with E-state index in [1.807, 2.05) is 6.20 Å². The van der Waals surface area contributed by atoms with Crippen LogP contribution in [0, 0.1) is 0 Å². The third-order valence-electron chi connectivity index (χ3n) is 3.23. The standard InChI is InChI=1S/C13H15BrN4/c14-10-1-2-13-9(3-10)4-11(15)6-18(13)7-12-5-16-8-17-12/h1-3,5,8,11H,4,6-7,15H2,(H,16,17). The molecular weight excluding hydrogens is 292 g/mol. The van der Waals surface area contributed by atoms with E-state index in [1.54, 1.807) is 6.33 Å². The van der Waals surface area contributed by atoms with Gasteiger partial charge >= 0.3 is 0 Å². The molecule has 1 unspecified atom stereocenters. The Hall–Kier alpha value is -1.33. The van der Waals surface area contributed by atoms with E-state index in [2.05, 4.69) is 49.0 Å². The van der Waals surface area contributed by atoms with Gasteiger partial charge in [0.15, 0.2) is 0 Å². The fourth-order valence-corrected chi connectivity index (χ4v) is 2.89. The highest BCUT2D eigenvalue weighted by atomic mass is 79.9. The van der Waals surface area contributed by atoms with Crippen molar-refractivity contribution in [3.05, 3.63) is 46.5 Å². The number of aromatic nitrogens is 2. The minimum Gasteiger partial charge on any atom is -0.364 e. The van der Waals surface area contributed by atoms with Crippen molar-refractivity contribution in [1.82, 2.24) is 9.97 Å². The number of hydrogen-bond donors (Lipinski definition) is 2. The van der Waals surface area contributed by atoms with Gasteiger partial charge in [-0.2, -0.15) is 0 Å². The van der Waals surface area contributed by atoms with Crippen LogP contribution < -0.4 is 10.6 Å². The molecule has 0 aliphatic carbocycles. The van der Waals surface area contributed by atoms with Crippen LogP contribution in [0.5, 0.6) is 0 Å². The molecule has 94 valence electrons. The third-order valence-corrected chi connectivity index (χ3v) is 3.72. The number of imidazole rings is 1. The molecule has 1 atom stereocenters. The monoisotopic (exact) mass is 306 g/mol. The molecule has 0 saturated carbocycles. The predicted octanol–water partition coefficient (Wildman–Crippen LogP) is 2.06. The molecule has 2 heterocycles. The van der Waals surface area contributed by atoms with Crippen LogP contribution in [0.3, 0.4) is 0 Å². The molecule has 0 saturated heterocycles. The number of H-pyrrole nitrogens is 1. The zero-order chi connectivity index (χ0) is 12.5. The van der Waals surface area contributed by atoms with E-state index in [-0.39, 0.29) is 6.04 Å². The number of anilines is 1. The first kappa shape index (κ1) is 11.7. The molecule has 0 radical (unpaired) electrons. The van der Waals surface area contributed by atoms with Gasteiger partial charge in [-0.1, -0.05) is 15.9 Å². The molecule has 5 heteroatoms. The van der Waals surface area contributed by atoms with E-state index < -0.39 is 0 Å². The Labute approximate surface area is 114 Å². The summed E-state index contributed by atoms with van der Waals surface area (Å²) in [5.74, 6) is 0. The lowest BCUT2D eigenvalue weighted by atomic mass is 9.98. The molecule has 1 aliphatic rings. The smallest absolute Gasteiger partial charge is 0.0923 e. The lowest BCUT2D eigenvalue weighted by molar-refractivity contribution is 0.596. The van der Waals surface area contributed by atoms with Gasteiger partial charge in [-0.05, 0) is 30.2 Å². The summed E-state index contributed by atoms with van der Waals surface area (Å²) in [7, 11) is 0. The number of nitrogens with one attached hydrogen (secondary N) is 1. The molecule has 0 bridgehead atoms. The summed E-state index contributed by atoms with van der Waals surface area (Å²) in [6.45, 7) is 1.67. The minimum absolute atomic E-state index is 0.186. The van der Waals surface area contributed by atoms with Gasteiger partial charge in [0.05, 0.1) is 18.6 Å². The van der Waals surface area contributed by atoms with Crippen LogP contribution in [0.4, 0.5) is 5.69 Å². The zero-order valence-electron chi connectivity index (χ0n) is 9.94. The molecule has 18 heavy (non-hydrogen) atoms. The van der Waals surface area contributed by atoms with Crippen molar-refractivity contribution in [3.63, 3.8) is 0 Å². The Morgan fingerprint density at radius 1 is 1.50 bits per heavy atom. The van der Waals surface area contributed by atoms with Gasteiger partial charge in [0.2, 0.25) is 0 Å². The number of fused-ring (bicyclic) bond motifs is 1. The van der Waals surface area contributed by atoms with Crippen LogP contribution in [-0.2, 0) is 13.0 Å². The fourth-order valence-electron chi connectivity index (χ4n) is 2.48. The first-order chi connectivity index (χ1) is 8.72. The first-order valence-corrected chi connectivity index (χ1v) is 6.78. The van der Waals surface area contributed by atoms with Gasteiger partial charge in [0, 0.05) is 28.9 Å². The van der Waals surface area contributed by atoms with Crippen LogP contribution in [-0.4, -0.2) is 22.6 Å². The van der Waals surface area contributed by atoms with Crippen molar-refractivity contribution in [1.29, 1.82) is 0 Å². The topological polar surface area (TPSA) is 57.9 Å². The molecule has 2 aromatic rings. The molecule has 1 aliphatic heterocycles. The maximum atomic E-state index is 6.13. The van der Waals surface area contributed by atoms with E-state index in [0.717, 1.165) is 29.7 Å². The van der Waals surface area contributed by atoms with E-state index >= 15 is 0 Å². The number of rotatable bonds is 2. The number of nitrogens with zero attached hydrogens (tertiary/aromatic N) is 2. The van der Waals surface area contributed by atoms with E-state index in [1.165, 1.54) is 11.3 Å². The average Bonchev–Trinajstić information content (AvgIpc) is 2.80. The number of aromatic amines is 1. The van der Waals surface area contributed by atoms with Crippen LogP contribution in [0.25, 0.3) is 0 Å².